The van der Waals surface area contributed by atoms with Crippen molar-refractivity contribution >= 4 is 23.4 Å². The fourth-order valence-corrected chi connectivity index (χ4v) is 1.66. The van der Waals surface area contributed by atoms with Crippen LogP contribution in [0.2, 0.25) is 0 Å². The Balaban J connectivity index is 2.18. The minimum Gasteiger partial charge on any atom is -0.479 e. The van der Waals surface area contributed by atoms with Crippen LogP contribution >= 0.6 is 11.8 Å². The first-order chi connectivity index (χ1) is 5.29. The van der Waals surface area contributed by atoms with E-state index in [4.69, 9.17) is 5.11 Å². The molecule has 0 saturated carbocycles. The molecule has 1 fully saturated rings. The van der Waals surface area contributed by atoms with Crippen LogP contribution < -0.4 is 0 Å². The number of nitrogens with zero attached hydrogens (tertiary/aromatic N) is 1. The van der Waals surface area contributed by atoms with Crippen LogP contribution in [-0.4, -0.2) is 34.9 Å². The Morgan fingerprint density at radius 3 is 3.18 bits per heavy atom. The van der Waals surface area contributed by atoms with Crippen LogP contribution in [0.4, 0.5) is 0 Å². The fraction of sp³-hybridized carbons (Fsp3) is 0.667. The Morgan fingerprint density at radius 2 is 2.64 bits per heavy atom. The van der Waals surface area contributed by atoms with Crippen molar-refractivity contribution < 1.29 is 14.7 Å². The summed E-state index contributed by atoms with van der Waals surface area (Å²) in [6.07, 6.45) is 0.921. The summed E-state index contributed by atoms with van der Waals surface area (Å²) < 4.78 is 0. The molecule has 5 heteroatoms. The molecule has 0 bridgehead atoms. The van der Waals surface area contributed by atoms with Crippen molar-refractivity contribution in [2.45, 2.75) is 6.42 Å². The van der Waals surface area contributed by atoms with Gasteiger partial charge in [-0.15, -0.1) is 0 Å². The van der Waals surface area contributed by atoms with E-state index in [0.29, 0.717) is 0 Å². The Labute approximate surface area is 68.6 Å². The third-order valence-corrected chi connectivity index (χ3v) is 2.22. The van der Waals surface area contributed by atoms with Gasteiger partial charge >= 0.3 is 5.97 Å². The summed E-state index contributed by atoms with van der Waals surface area (Å²) in [6.45, 7) is -0.339. The highest BCUT2D eigenvalue weighted by Gasteiger charge is 2.08. The van der Waals surface area contributed by atoms with Gasteiger partial charge in [0, 0.05) is 5.75 Å². The molecular formula is C6H9NO3S. The van der Waals surface area contributed by atoms with E-state index >= 15 is 0 Å². The molecule has 0 radical (unpaired) electrons. The van der Waals surface area contributed by atoms with Crippen LogP contribution in [0.15, 0.2) is 5.16 Å². The molecule has 1 N–H and O–H groups in total. The number of carboxylic acids is 1. The normalized spacial score (nSPS) is 20.5. The molecule has 0 aromatic heterocycles. The van der Waals surface area contributed by atoms with Gasteiger partial charge in [0.2, 0.25) is 6.61 Å². The molecule has 0 aromatic carbocycles. The average Bonchev–Trinajstić information content (AvgIpc) is 2.39. The molecular weight excluding hydrogens is 166 g/mol. The van der Waals surface area contributed by atoms with Crippen LogP contribution in [0, 0.1) is 0 Å². The van der Waals surface area contributed by atoms with Gasteiger partial charge in [-0.25, -0.2) is 4.79 Å². The van der Waals surface area contributed by atoms with Crippen molar-refractivity contribution in [1.29, 1.82) is 0 Å². The van der Waals surface area contributed by atoms with Gasteiger partial charge in [-0.3, -0.25) is 0 Å². The zero-order chi connectivity index (χ0) is 8.10. The maximum Gasteiger partial charge on any atom is 0.344 e. The van der Waals surface area contributed by atoms with Gasteiger partial charge in [0.05, 0.1) is 5.71 Å². The number of hydrogen-bond acceptors (Lipinski definition) is 4. The van der Waals surface area contributed by atoms with Crippen molar-refractivity contribution in [3.8, 4) is 0 Å². The van der Waals surface area contributed by atoms with Crippen molar-refractivity contribution in [3.05, 3.63) is 0 Å². The summed E-state index contributed by atoms with van der Waals surface area (Å²) in [5, 5.41) is 11.9. The van der Waals surface area contributed by atoms with Gasteiger partial charge in [-0.05, 0) is 12.2 Å². The lowest BCUT2D eigenvalue weighted by atomic mass is 10.3. The van der Waals surface area contributed by atoms with Gasteiger partial charge in [0.15, 0.2) is 0 Å². The summed E-state index contributed by atoms with van der Waals surface area (Å²) >= 11 is 1.78. The van der Waals surface area contributed by atoms with Crippen molar-refractivity contribution in [2.75, 3.05) is 18.1 Å². The largest absolute Gasteiger partial charge is 0.479 e. The van der Waals surface area contributed by atoms with Gasteiger partial charge < -0.3 is 9.94 Å². The van der Waals surface area contributed by atoms with E-state index in [1.54, 1.807) is 11.8 Å². The lowest BCUT2D eigenvalue weighted by Crippen LogP contribution is -2.05. The predicted octanol–water partition coefficient (Wildman–Crippen LogP) is 0.581. The highest BCUT2D eigenvalue weighted by molar-refractivity contribution is 8.00. The smallest absolute Gasteiger partial charge is 0.344 e. The third-order valence-electron chi connectivity index (χ3n) is 1.19. The molecule has 1 saturated heterocycles. The number of thioether (sulfide) groups is 1. The molecule has 0 unspecified atom stereocenters. The summed E-state index contributed by atoms with van der Waals surface area (Å²) in [5.41, 5.74) is 0.955. The molecule has 0 aliphatic carbocycles. The van der Waals surface area contributed by atoms with Crippen LogP contribution in [0.5, 0.6) is 0 Å². The van der Waals surface area contributed by atoms with Crippen molar-refractivity contribution in [1.82, 2.24) is 0 Å². The van der Waals surface area contributed by atoms with E-state index in [-0.39, 0.29) is 6.61 Å². The SMILES string of the molecule is O=C(O)CON=C1CCSC1. The lowest BCUT2D eigenvalue weighted by Gasteiger charge is -1.94. The van der Waals surface area contributed by atoms with E-state index in [1.165, 1.54) is 0 Å². The summed E-state index contributed by atoms with van der Waals surface area (Å²) in [5.74, 6) is 0.953. The molecule has 1 rings (SSSR count). The number of carbonyl (C=O) groups is 1. The highest BCUT2D eigenvalue weighted by Crippen LogP contribution is 2.14. The van der Waals surface area contributed by atoms with E-state index in [0.717, 1.165) is 23.6 Å². The fourth-order valence-electron chi connectivity index (χ4n) is 0.703. The minimum atomic E-state index is -0.986. The van der Waals surface area contributed by atoms with E-state index in [2.05, 4.69) is 9.99 Å². The Kier molecular flexibility index (Phi) is 3.22. The second-order valence-electron chi connectivity index (χ2n) is 2.13. The van der Waals surface area contributed by atoms with Gasteiger partial charge in [-0.1, -0.05) is 5.16 Å². The second kappa shape index (κ2) is 4.23. The van der Waals surface area contributed by atoms with Crippen LogP contribution in [0.25, 0.3) is 0 Å². The zero-order valence-electron chi connectivity index (χ0n) is 5.95. The number of aliphatic carboxylic acids is 1. The number of hydrogen-bond donors (Lipinski definition) is 1. The zero-order valence-corrected chi connectivity index (χ0v) is 6.76. The number of oxime groups is 1. The Morgan fingerprint density at radius 1 is 1.82 bits per heavy atom. The van der Waals surface area contributed by atoms with Gasteiger partial charge in [-0.2, -0.15) is 11.8 Å². The van der Waals surface area contributed by atoms with Crippen LogP contribution in [-0.2, 0) is 9.63 Å². The first-order valence-electron chi connectivity index (χ1n) is 3.26. The molecule has 1 aliphatic rings. The molecule has 0 amide bonds. The topological polar surface area (TPSA) is 58.9 Å². The van der Waals surface area contributed by atoms with Gasteiger partial charge in [0.1, 0.15) is 0 Å². The summed E-state index contributed by atoms with van der Waals surface area (Å²) in [6, 6.07) is 0. The van der Waals surface area contributed by atoms with E-state index < -0.39 is 5.97 Å². The van der Waals surface area contributed by atoms with Crippen LogP contribution in [0.3, 0.4) is 0 Å². The van der Waals surface area contributed by atoms with Crippen molar-refractivity contribution in [3.63, 3.8) is 0 Å². The quantitative estimate of drug-likeness (QED) is 0.637. The number of rotatable bonds is 3. The summed E-state index contributed by atoms with van der Waals surface area (Å²) in [7, 11) is 0. The maximum absolute atomic E-state index is 9.97. The monoisotopic (exact) mass is 175 g/mol. The minimum absolute atomic E-state index is 0.339. The third kappa shape index (κ3) is 3.27. The lowest BCUT2D eigenvalue weighted by molar-refractivity contribution is -0.142. The molecule has 0 atom stereocenters. The molecule has 11 heavy (non-hydrogen) atoms. The molecule has 1 aliphatic heterocycles. The molecule has 62 valence electrons. The molecule has 0 aromatic rings. The molecule has 4 nitrogen and oxygen atoms in total. The van der Waals surface area contributed by atoms with Crippen LogP contribution in [0.1, 0.15) is 6.42 Å². The van der Waals surface area contributed by atoms with E-state index in [1.807, 2.05) is 0 Å². The van der Waals surface area contributed by atoms with Crippen molar-refractivity contribution in [2.24, 2.45) is 5.16 Å². The number of carboxylic acid groups (broad SMARTS) is 1. The average molecular weight is 175 g/mol. The first kappa shape index (κ1) is 8.39. The molecule has 0 spiro atoms. The highest BCUT2D eigenvalue weighted by atomic mass is 32.2. The van der Waals surface area contributed by atoms with Gasteiger partial charge in [0.25, 0.3) is 0 Å². The summed E-state index contributed by atoms with van der Waals surface area (Å²) in [4.78, 5) is 14.5. The van der Waals surface area contributed by atoms with E-state index in [9.17, 15) is 4.79 Å². The standard InChI is InChI=1S/C6H9NO3S/c8-6(9)3-10-7-5-1-2-11-4-5/h1-4H2,(H,8,9). The second-order valence-corrected chi connectivity index (χ2v) is 3.23. The Bertz CT molecular complexity index is 173. The maximum atomic E-state index is 9.97. The first-order valence-corrected chi connectivity index (χ1v) is 4.42. The predicted molar refractivity (Wildman–Crippen MR) is 43.0 cm³/mol. The Hall–Kier alpha value is -0.710. The molecule has 1 heterocycles.